The second-order valence-corrected chi connectivity index (χ2v) is 11.6. The summed E-state index contributed by atoms with van der Waals surface area (Å²) in [6.45, 7) is 8.13. The Morgan fingerprint density at radius 2 is 1.88 bits per heavy atom. The van der Waals surface area contributed by atoms with Gasteiger partial charge in [-0.25, -0.2) is 8.42 Å². The van der Waals surface area contributed by atoms with Crippen LogP contribution in [-0.4, -0.2) is 38.7 Å². The van der Waals surface area contributed by atoms with Gasteiger partial charge in [-0.05, 0) is 62.1 Å². The van der Waals surface area contributed by atoms with Crippen molar-refractivity contribution in [2.45, 2.75) is 44.6 Å². The Morgan fingerprint density at radius 1 is 1.12 bits per heavy atom. The first kappa shape index (κ1) is 23.4. The van der Waals surface area contributed by atoms with E-state index < -0.39 is 27.0 Å². The molecule has 1 aliphatic rings. The first-order chi connectivity index (χ1) is 15.5. The van der Waals surface area contributed by atoms with Gasteiger partial charge in [0.25, 0.3) is 0 Å². The first-order valence-electron chi connectivity index (χ1n) is 10.9. The summed E-state index contributed by atoms with van der Waals surface area (Å²) in [5, 5.41) is 0.505. The van der Waals surface area contributed by atoms with E-state index in [9.17, 15) is 13.2 Å². The number of hydrogen-bond acceptors (Lipinski definition) is 6. The minimum absolute atomic E-state index is 0.101. The number of Topliss-reactive ketones (excluding diaryl/α,β-unsaturated/α-hetero) is 1. The van der Waals surface area contributed by atoms with E-state index in [1.807, 2.05) is 39.8 Å². The van der Waals surface area contributed by atoms with Crippen LogP contribution in [0, 0.1) is 19.3 Å². The van der Waals surface area contributed by atoms with Gasteiger partial charge in [-0.15, -0.1) is 0 Å². The molecule has 2 heterocycles. The molecule has 0 unspecified atom stereocenters. The van der Waals surface area contributed by atoms with Crippen LogP contribution in [-0.2, 0) is 25.0 Å². The Kier molecular flexibility index (Phi) is 5.83. The van der Waals surface area contributed by atoms with E-state index in [1.54, 1.807) is 30.3 Å². The molecule has 1 atom stereocenters. The molecule has 174 valence electrons. The molecule has 0 bridgehead atoms. The van der Waals surface area contributed by atoms with E-state index in [2.05, 4.69) is 4.98 Å². The highest BCUT2D eigenvalue weighted by molar-refractivity contribution is 7.92. The van der Waals surface area contributed by atoms with E-state index >= 15 is 0 Å². The summed E-state index contributed by atoms with van der Waals surface area (Å²) in [4.78, 5) is 18.4. The van der Waals surface area contributed by atoms with Crippen molar-refractivity contribution < 1.29 is 22.7 Å². The van der Waals surface area contributed by atoms with Gasteiger partial charge in [-0.1, -0.05) is 31.5 Å². The number of hydrogen-bond donors (Lipinski definition) is 0. The van der Waals surface area contributed by atoms with E-state index in [-0.39, 0.29) is 10.3 Å². The van der Waals surface area contributed by atoms with E-state index in [0.717, 1.165) is 11.3 Å². The van der Waals surface area contributed by atoms with Gasteiger partial charge >= 0.3 is 0 Å². The number of carbonyl (C=O) groups is 1. The fourth-order valence-electron chi connectivity index (χ4n) is 4.60. The quantitative estimate of drug-likeness (QED) is 0.529. The van der Waals surface area contributed by atoms with Crippen molar-refractivity contribution in [3.8, 4) is 5.75 Å². The fourth-order valence-corrected chi connectivity index (χ4v) is 6.13. The molecule has 1 aliphatic heterocycles. The molecule has 4 rings (SSSR count). The van der Waals surface area contributed by atoms with Gasteiger partial charge in [-0.3, -0.25) is 9.78 Å². The van der Waals surface area contributed by atoms with Crippen molar-refractivity contribution in [3.63, 3.8) is 0 Å². The monoisotopic (exact) mass is 467 g/mol. The van der Waals surface area contributed by atoms with E-state index in [0.29, 0.717) is 35.2 Å². The molecular weight excluding hydrogens is 438 g/mol. The molecule has 0 spiro atoms. The molecule has 3 aromatic rings. The van der Waals surface area contributed by atoms with Gasteiger partial charge in [0, 0.05) is 16.6 Å². The predicted octanol–water partition coefficient (Wildman–Crippen LogP) is 4.55. The number of aryl methyl sites for hydroxylation is 2. The van der Waals surface area contributed by atoms with Gasteiger partial charge < -0.3 is 9.47 Å². The summed E-state index contributed by atoms with van der Waals surface area (Å²) in [5.41, 5.74) is 1.19. The zero-order valence-corrected chi connectivity index (χ0v) is 20.5. The second kappa shape index (κ2) is 8.22. The number of ketones is 1. The zero-order valence-electron chi connectivity index (χ0n) is 19.6. The lowest BCUT2D eigenvalue weighted by atomic mass is 9.78. The molecule has 6 nitrogen and oxygen atoms in total. The summed E-state index contributed by atoms with van der Waals surface area (Å²) in [5.74, 6) is -0.657. The minimum atomic E-state index is -3.96. The molecule has 33 heavy (non-hydrogen) atoms. The average Bonchev–Trinajstić information content (AvgIpc) is 3.09. The van der Waals surface area contributed by atoms with Crippen LogP contribution in [0.15, 0.2) is 53.4 Å². The number of benzene rings is 2. The Bertz CT molecular complexity index is 1350. The number of aromatic nitrogens is 1. The Hall–Kier alpha value is -2.77. The van der Waals surface area contributed by atoms with Crippen molar-refractivity contribution in [1.29, 1.82) is 0 Å². The Morgan fingerprint density at radius 3 is 2.55 bits per heavy atom. The maximum Gasteiger partial charge on any atom is 0.186 e. The summed E-state index contributed by atoms with van der Waals surface area (Å²) < 4.78 is 38.8. The normalized spacial score (nSPS) is 20.2. The molecule has 1 aromatic heterocycles. The number of ether oxygens (including phenoxy) is 2. The molecule has 0 saturated carbocycles. The molecule has 0 aliphatic carbocycles. The van der Waals surface area contributed by atoms with Crippen molar-refractivity contribution >= 4 is 26.5 Å². The molecular formula is C26H29NO5S. The summed E-state index contributed by atoms with van der Waals surface area (Å²) in [6.07, 6.45) is 0.366. The van der Waals surface area contributed by atoms with Gasteiger partial charge in [-0.2, -0.15) is 0 Å². The third-order valence-electron chi connectivity index (χ3n) is 6.16. The maximum atomic E-state index is 13.8. The molecule has 0 N–H and O–H groups in total. The SMILES string of the molecule is COc1ccc(C)cc1[C@]1(C(=O)CS(=O)(=O)c2cccc3nc(C)ccc23)CC(C)(C)CO1. The van der Waals surface area contributed by atoms with Crippen molar-refractivity contribution in [2.24, 2.45) is 5.41 Å². The Balaban J connectivity index is 1.80. The van der Waals surface area contributed by atoms with Crippen LogP contribution in [0.4, 0.5) is 0 Å². The lowest BCUT2D eigenvalue weighted by molar-refractivity contribution is -0.137. The summed E-state index contributed by atoms with van der Waals surface area (Å²) >= 11 is 0. The number of methoxy groups -OCH3 is 1. The van der Waals surface area contributed by atoms with Gasteiger partial charge in [0.05, 0.1) is 24.1 Å². The van der Waals surface area contributed by atoms with Crippen molar-refractivity contribution in [2.75, 3.05) is 19.5 Å². The summed E-state index contributed by atoms with van der Waals surface area (Å²) in [6, 6.07) is 14.0. The van der Waals surface area contributed by atoms with Crippen LogP contribution in [0.2, 0.25) is 0 Å². The number of fused-ring (bicyclic) bond motifs is 1. The molecule has 1 saturated heterocycles. The van der Waals surface area contributed by atoms with Gasteiger partial charge in [0.2, 0.25) is 0 Å². The Labute approximate surface area is 194 Å². The molecule has 7 heteroatoms. The second-order valence-electron chi connectivity index (χ2n) is 9.62. The topological polar surface area (TPSA) is 82.6 Å². The average molecular weight is 468 g/mol. The smallest absolute Gasteiger partial charge is 0.186 e. The highest BCUT2D eigenvalue weighted by Crippen LogP contribution is 2.49. The van der Waals surface area contributed by atoms with Crippen LogP contribution >= 0.6 is 0 Å². The molecule has 0 amide bonds. The van der Waals surface area contributed by atoms with E-state index in [1.165, 1.54) is 13.2 Å². The standard InChI is InChI=1S/C26H29NO5S/c1-17-9-12-22(31-5)20(13-17)26(15-25(3,4)16-32-26)24(28)14-33(29,30)23-8-6-7-21-19(23)11-10-18(2)27-21/h6-13H,14-16H2,1-5H3/t26-/m0/s1. The van der Waals surface area contributed by atoms with Crippen LogP contribution < -0.4 is 4.74 Å². The van der Waals surface area contributed by atoms with Crippen molar-refractivity contribution in [3.05, 3.63) is 65.4 Å². The van der Waals surface area contributed by atoms with E-state index in [4.69, 9.17) is 9.47 Å². The molecule has 1 fully saturated rings. The fraction of sp³-hybridized carbons (Fsp3) is 0.385. The highest BCUT2D eigenvalue weighted by atomic mass is 32.2. The number of carbonyl (C=O) groups excluding carboxylic acids is 1. The van der Waals surface area contributed by atoms with Crippen LogP contribution in [0.3, 0.4) is 0 Å². The number of nitrogens with zero attached hydrogens (tertiary/aromatic N) is 1. The maximum absolute atomic E-state index is 13.8. The third-order valence-corrected chi connectivity index (χ3v) is 7.83. The number of pyridine rings is 1. The number of sulfone groups is 1. The third kappa shape index (κ3) is 4.27. The minimum Gasteiger partial charge on any atom is -0.496 e. The predicted molar refractivity (Wildman–Crippen MR) is 127 cm³/mol. The molecule has 0 radical (unpaired) electrons. The lowest BCUT2D eigenvalue weighted by Crippen LogP contribution is -2.40. The van der Waals surface area contributed by atoms with Gasteiger partial charge in [0.1, 0.15) is 11.5 Å². The van der Waals surface area contributed by atoms with Crippen LogP contribution in [0.1, 0.15) is 37.1 Å². The largest absolute Gasteiger partial charge is 0.496 e. The highest BCUT2D eigenvalue weighted by Gasteiger charge is 2.53. The van der Waals surface area contributed by atoms with Crippen LogP contribution in [0.5, 0.6) is 5.75 Å². The van der Waals surface area contributed by atoms with Gasteiger partial charge in [0.15, 0.2) is 21.2 Å². The zero-order chi connectivity index (χ0) is 24.0. The van der Waals surface area contributed by atoms with Crippen molar-refractivity contribution in [1.82, 2.24) is 4.98 Å². The van der Waals surface area contributed by atoms with Crippen LogP contribution in [0.25, 0.3) is 10.9 Å². The summed E-state index contributed by atoms with van der Waals surface area (Å²) in [7, 11) is -2.42. The lowest BCUT2D eigenvalue weighted by Gasteiger charge is -2.30. The number of rotatable bonds is 6. The molecule has 2 aromatic carbocycles. The first-order valence-corrected chi connectivity index (χ1v) is 12.5.